The maximum absolute atomic E-state index is 12.5. The van der Waals surface area contributed by atoms with Crippen LogP contribution >= 0.6 is 11.8 Å². The smallest absolute Gasteiger partial charge is 0.379 e. The molecule has 0 atom stereocenters. The SMILES string of the molecule is FC(F)(F)Sc1ccccc1CCCN1CCOCC1. The van der Waals surface area contributed by atoms with Crippen molar-refractivity contribution >= 4 is 11.8 Å². The highest BCUT2D eigenvalue weighted by atomic mass is 32.2. The predicted octanol–water partition coefficient (Wildman–Crippen LogP) is 3.56. The molecule has 0 bridgehead atoms. The summed E-state index contributed by atoms with van der Waals surface area (Å²) in [6, 6.07) is 6.78. The van der Waals surface area contributed by atoms with E-state index in [2.05, 4.69) is 4.90 Å². The summed E-state index contributed by atoms with van der Waals surface area (Å²) < 4.78 is 42.7. The quantitative estimate of drug-likeness (QED) is 0.772. The Hall–Kier alpha value is -0.720. The molecule has 1 aromatic rings. The third-order valence-electron chi connectivity index (χ3n) is 3.22. The molecule has 0 radical (unpaired) electrons. The average molecular weight is 305 g/mol. The van der Waals surface area contributed by atoms with Gasteiger partial charge >= 0.3 is 5.51 Å². The molecule has 0 N–H and O–H groups in total. The monoisotopic (exact) mass is 305 g/mol. The molecular weight excluding hydrogens is 287 g/mol. The third kappa shape index (κ3) is 5.34. The first-order valence-corrected chi connectivity index (χ1v) is 7.50. The molecule has 1 fully saturated rings. The highest BCUT2D eigenvalue weighted by molar-refractivity contribution is 8.00. The van der Waals surface area contributed by atoms with Crippen LogP contribution in [0.2, 0.25) is 0 Å². The van der Waals surface area contributed by atoms with Gasteiger partial charge in [-0.2, -0.15) is 13.2 Å². The molecule has 2 nitrogen and oxygen atoms in total. The molecular formula is C14H18F3NOS. The van der Waals surface area contributed by atoms with Gasteiger partial charge in [-0.25, -0.2) is 0 Å². The van der Waals surface area contributed by atoms with Crippen molar-refractivity contribution in [3.63, 3.8) is 0 Å². The fourth-order valence-corrected chi connectivity index (χ4v) is 2.95. The number of aryl methyl sites for hydroxylation is 1. The highest BCUT2D eigenvalue weighted by Crippen LogP contribution is 2.38. The fourth-order valence-electron chi connectivity index (χ4n) is 2.25. The highest BCUT2D eigenvalue weighted by Gasteiger charge is 2.30. The van der Waals surface area contributed by atoms with Gasteiger partial charge in [-0.15, -0.1) is 0 Å². The van der Waals surface area contributed by atoms with Crippen LogP contribution < -0.4 is 0 Å². The molecule has 1 heterocycles. The number of ether oxygens (including phenoxy) is 1. The second-order valence-corrected chi connectivity index (χ2v) is 5.82. The van der Waals surface area contributed by atoms with E-state index in [0.29, 0.717) is 11.3 Å². The molecule has 20 heavy (non-hydrogen) atoms. The number of rotatable bonds is 5. The molecule has 1 aliphatic heterocycles. The van der Waals surface area contributed by atoms with Crippen LogP contribution in [0.15, 0.2) is 29.2 Å². The zero-order chi connectivity index (χ0) is 14.4. The van der Waals surface area contributed by atoms with Gasteiger partial charge in [0.05, 0.1) is 13.2 Å². The Morgan fingerprint density at radius 1 is 1.15 bits per heavy atom. The van der Waals surface area contributed by atoms with Crippen molar-refractivity contribution in [2.45, 2.75) is 23.2 Å². The van der Waals surface area contributed by atoms with Crippen molar-refractivity contribution in [3.05, 3.63) is 29.8 Å². The number of alkyl halides is 3. The van der Waals surface area contributed by atoms with Crippen LogP contribution in [0.1, 0.15) is 12.0 Å². The molecule has 1 saturated heterocycles. The first kappa shape index (κ1) is 15.7. The number of nitrogens with zero attached hydrogens (tertiary/aromatic N) is 1. The van der Waals surface area contributed by atoms with Crippen molar-refractivity contribution in [3.8, 4) is 0 Å². The van der Waals surface area contributed by atoms with Crippen LogP contribution in [0.5, 0.6) is 0 Å². The minimum absolute atomic E-state index is 0.0202. The Labute approximate surface area is 121 Å². The van der Waals surface area contributed by atoms with Gasteiger partial charge in [0.2, 0.25) is 0 Å². The summed E-state index contributed by atoms with van der Waals surface area (Å²) in [4.78, 5) is 2.62. The first-order valence-electron chi connectivity index (χ1n) is 6.68. The molecule has 0 unspecified atom stereocenters. The van der Waals surface area contributed by atoms with Crippen LogP contribution in [0.3, 0.4) is 0 Å². The maximum Gasteiger partial charge on any atom is 0.446 e. The zero-order valence-corrected chi connectivity index (χ0v) is 12.0. The molecule has 2 rings (SSSR count). The van der Waals surface area contributed by atoms with Crippen LogP contribution in [-0.4, -0.2) is 43.3 Å². The van der Waals surface area contributed by atoms with Gasteiger partial charge < -0.3 is 4.74 Å². The lowest BCUT2D eigenvalue weighted by atomic mass is 10.1. The van der Waals surface area contributed by atoms with Crippen LogP contribution in [0.4, 0.5) is 13.2 Å². The predicted molar refractivity (Wildman–Crippen MR) is 73.9 cm³/mol. The molecule has 0 aliphatic carbocycles. The molecule has 1 aromatic carbocycles. The number of halogens is 3. The van der Waals surface area contributed by atoms with Crippen molar-refractivity contribution in [1.82, 2.24) is 4.90 Å². The lowest BCUT2D eigenvalue weighted by Gasteiger charge is -2.26. The first-order chi connectivity index (χ1) is 9.54. The van der Waals surface area contributed by atoms with E-state index in [1.807, 2.05) is 0 Å². The maximum atomic E-state index is 12.5. The van der Waals surface area contributed by atoms with Crippen molar-refractivity contribution in [2.75, 3.05) is 32.8 Å². The van der Waals surface area contributed by atoms with Crippen LogP contribution in [0.25, 0.3) is 0 Å². The summed E-state index contributed by atoms with van der Waals surface area (Å²) in [6.07, 6.45) is 1.55. The molecule has 6 heteroatoms. The number of morpholine rings is 1. The number of benzene rings is 1. The van der Waals surface area contributed by atoms with E-state index in [1.165, 1.54) is 0 Å². The fraction of sp³-hybridized carbons (Fsp3) is 0.571. The number of hydrogen-bond acceptors (Lipinski definition) is 3. The molecule has 0 spiro atoms. The van der Waals surface area contributed by atoms with E-state index in [-0.39, 0.29) is 11.8 Å². The Bertz CT molecular complexity index is 419. The van der Waals surface area contributed by atoms with Gasteiger partial charge in [0.15, 0.2) is 0 Å². The second kappa shape index (κ2) is 7.33. The van der Waals surface area contributed by atoms with E-state index < -0.39 is 5.51 Å². The second-order valence-electron chi connectivity index (χ2n) is 4.71. The third-order valence-corrected chi connectivity index (χ3v) is 4.07. The van der Waals surface area contributed by atoms with Gasteiger partial charge in [0.25, 0.3) is 0 Å². The molecule has 0 aromatic heterocycles. The van der Waals surface area contributed by atoms with Crippen LogP contribution in [0, 0.1) is 0 Å². The summed E-state index contributed by atoms with van der Waals surface area (Å²) in [5.41, 5.74) is -3.44. The van der Waals surface area contributed by atoms with E-state index in [9.17, 15) is 13.2 Å². The van der Waals surface area contributed by atoms with Gasteiger partial charge in [0.1, 0.15) is 0 Å². The topological polar surface area (TPSA) is 12.5 Å². The Balaban J connectivity index is 1.85. The van der Waals surface area contributed by atoms with Gasteiger partial charge in [-0.1, -0.05) is 18.2 Å². The van der Waals surface area contributed by atoms with Crippen molar-refractivity contribution in [1.29, 1.82) is 0 Å². The zero-order valence-electron chi connectivity index (χ0n) is 11.2. The van der Waals surface area contributed by atoms with Crippen molar-refractivity contribution in [2.24, 2.45) is 0 Å². The van der Waals surface area contributed by atoms with Gasteiger partial charge in [-0.05, 0) is 42.8 Å². The minimum Gasteiger partial charge on any atom is -0.379 e. The lowest BCUT2D eigenvalue weighted by Crippen LogP contribution is -2.36. The normalized spacial score (nSPS) is 17.4. The molecule has 0 saturated carbocycles. The Kier molecular flexibility index (Phi) is 5.74. The summed E-state index contributed by atoms with van der Waals surface area (Å²) in [5, 5.41) is 0. The summed E-state index contributed by atoms with van der Waals surface area (Å²) >= 11 is -0.0202. The van der Waals surface area contributed by atoms with Gasteiger partial charge in [0, 0.05) is 18.0 Å². The Morgan fingerprint density at radius 2 is 1.85 bits per heavy atom. The molecule has 0 amide bonds. The summed E-state index contributed by atoms with van der Waals surface area (Å²) in [7, 11) is 0. The Morgan fingerprint density at radius 3 is 2.55 bits per heavy atom. The van der Waals surface area contributed by atoms with E-state index in [0.717, 1.165) is 44.8 Å². The lowest BCUT2D eigenvalue weighted by molar-refractivity contribution is -0.0328. The number of hydrogen-bond donors (Lipinski definition) is 0. The standard InChI is InChI=1S/C14H18F3NOS/c15-14(16,17)20-13-6-2-1-4-12(13)5-3-7-18-8-10-19-11-9-18/h1-2,4,6H,3,5,7-11H2. The number of thioether (sulfide) groups is 1. The van der Waals surface area contributed by atoms with Gasteiger partial charge in [-0.3, -0.25) is 4.90 Å². The minimum atomic E-state index is -4.22. The van der Waals surface area contributed by atoms with Crippen LogP contribution in [-0.2, 0) is 11.2 Å². The molecule has 112 valence electrons. The van der Waals surface area contributed by atoms with Crippen molar-refractivity contribution < 1.29 is 17.9 Å². The summed E-state index contributed by atoms with van der Waals surface area (Å²) in [5.74, 6) is 0. The molecule has 1 aliphatic rings. The van der Waals surface area contributed by atoms with E-state index in [4.69, 9.17) is 4.74 Å². The van der Waals surface area contributed by atoms with E-state index in [1.54, 1.807) is 24.3 Å². The summed E-state index contributed by atoms with van der Waals surface area (Å²) in [6.45, 7) is 4.24. The largest absolute Gasteiger partial charge is 0.446 e. The average Bonchev–Trinajstić information content (AvgIpc) is 2.40. The van der Waals surface area contributed by atoms with E-state index >= 15 is 0 Å².